The lowest BCUT2D eigenvalue weighted by Gasteiger charge is -1.98. The van der Waals surface area contributed by atoms with Crippen molar-refractivity contribution in [1.82, 2.24) is 9.36 Å². The van der Waals surface area contributed by atoms with Crippen molar-refractivity contribution >= 4 is 40.0 Å². The Morgan fingerprint density at radius 2 is 2.10 bits per heavy atom. The molecule has 0 fully saturated rings. The minimum absolute atomic E-state index is 0.502. The maximum absolute atomic E-state index is 5.54. The quantitative estimate of drug-likeness (QED) is 0.569. The van der Waals surface area contributed by atoms with E-state index in [1.165, 1.54) is 33.3 Å². The maximum Gasteiger partial charge on any atom is 0.205 e. The standard InChI is InChI=1S/C14H13N5S2/c1-9-6-12(21-19-9)11-4-2-10(3-5-11)7-16-18-14-17-13(15)8-20-14/h2-8H,15H2,1H3,(H,17,18). The zero-order valence-electron chi connectivity index (χ0n) is 11.3. The Labute approximate surface area is 130 Å². The van der Waals surface area contributed by atoms with Crippen LogP contribution in [0.15, 0.2) is 40.8 Å². The molecule has 1 aromatic carbocycles. The van der Waals surface area contributed by atoms with Gasteiger partial charge in [-0.3, -0.25) is 5.43 Å². The summed E-state index contributed by atoms with van der Waals surface area (Å²) in [4.78, 5) is 5.24. The molecule has 7 heteroatoms. The van der Waals surface area contributed by atoms with Crippen LogP contribution < -0.4 is 11.2 Å². The van der Waals surface area contributed by atoms with Gasteiger partial charge < -0.3 is 5.73 Å². The largest absolute Gasteiger partial charge is 0.383 e. The van der Waals surface area contributed by atoms with Crippen molar-refractivity contribution in [2.24, 2.45) is 5.10 Å². The second kappa shape index (κ2) is 6.02. The molecule has 0 saturated carbocycles. The maximum atomic E-state index is 5.54. The fraction of sp³-hybridized carbons (Fsp3) is 0.0714. The van der Waals surface area contributed by atoms with Crippen LogP contribution in [0.3, 0.4) is 0 Å². The number of nitrogen functional groups attached to an aromatic ring is 1. The van der Waals surface area contributed by atoms with Crippen LogP contribution in [0.1, 0.15) is 11.3 Å². The number of thiazole rings is 1. The van der Waals surface area contributed by atoms with Crippen LogP contribution in [0.25, 0.3) is 10.4 Å². The van der Waals surface area contributed by atoms with Crippen molar-refractivity contribution in [2.75, 3.05) is 11.2 Å². The van der Waals surface area contributed by atoms with Gasteiger partial charge in [-0.1, -0.05) is 24.3 Å². The van der Waals surface area contributed by atoms with E-state index in [4.69, 9.17) is 5.73 Å². The van der Waals surface area contributed by atoms with Gasteiger partial charge in [0, 0.05) is 5.38 Å². The Kier molecular flexibility index (Phi) is 3.94. The minimum atomic E-state index is 0.502. The summed E-state index contributed by atoms with van der Waals surface area (Å²) in [5.41, 5.74) is 11.6. The third-order valence-electron chi connectivity index (χ3n) is 2.72. The third kappa shape index (κ3) is 3.45. The molecule has 0 aliphatic rings. The average molecular weight is 315 g/mol. The second-order valence-electron chi connectivity index (χ2n) is 4.40. The molecule has 5 nitrogen and oxygen atoms in total. The first-order chi connectivity index (χ1) is 10.2. The number of nitrogens with one attached hydrogen (secondary N) is 1. The van der Waals surface area contributed by atoms with E-state index in [9.17, 15) is 0 Å². The number of aromatic nitrogens is 2. The average Bonchev–Trinajstić information content (AvgIpc) is 3.09. The summed E-state index contributed by atoms with van der Waals surface area (Å²) in [7, 11) is 0. The van der Waals surface area contributed by atoms with Crippen molar-refractivity contribution < 1.29 is 0 Å². The highest BCUT2D eigenvalue weighted by Crippen LogP contribution is 2.24. The van der Waals surface area contributed by atoms with E-state index in [1.807, 2.05) is 19.1 Å². The molecule has 0 radical (unpaired) electrons. The van der Waals surface area contributed by atoms with Gasteiger partial charge in [-0.15, -0.1) is 11.3 Å². The number of benzene rings is 1. The Morgan fingerprint density at radius 3 is 2.71 bits per heavy atom. The van der Waals surface area contributed by atoms with Gasteiger partial charge in [0.25, 0.3) is 0 Å². The lowest BCUT2D eigenvalue weighted by molar-refractivity contribution is 1.29. The van der Waals surface area contributed by atoms with Gasteiger partial charge in [0.1, 0.15) is 5.82 Å². The molecule has 0 bridgehead atoms. The molecule has 3 N–H and O–H groups in total. The summed E-state index contributed by atoms with van der Waals surface area (Å²) in [6.45, 7) is 2.00. The fourth-order valence-corrected chi connectivity index (χ4v) is 3.04. The molecule has 2 heterocycles. The summed E-state index contributed by atoms with van der Waals surface area (Å²) in [6, 6.07) is 10.3. The van der Waals surface area contributed by atoms with Crippen LogP contribution in [-0.4, -0.2) is 15.6 Å². The lowest BCUT2D eigenvalue weighted by atomic mass is 10.1. The molecule has 3 rings (SSSR count). The van der Waals surface area contributed by atoms with Crippen LogP contribution >= 0.6 is 22.9 Å². The van der Waals surface area contributed by atoms with Crippen molar-refractivity contribution in [3.05, 3.63) is 47.0 Å². The van der Waals surface area contributed by atoms with Crippen LogP contribution in [0.5, 0.6) is 0 Å². The molecule has 0 aliphatic carbocycles. The van der Waals surface area contributed by atoms with E-state index in [0.717, 1.165) is 11.3 Å². The number of hydrogen-bond acceptors (Lipinski definition) is 7. The lowest BCUT2D eigenvalue weighted by Crippen LogP contribution is -1.91. The fourth-order valence-electron chi connectivity index (χ4n) is 1.73. The highest BCUT2D eigenvalue weighted by atomic mass is 32.1. The normalized spacial score (nSPS) is 11.1. The second-order valence-corrected chi connectivity index (χ2v) is 6.07. The Hall–Kier alpha value is -2.25. The van der Waals surface area contributed by atoms with E-state index in [-0.39, 0.29) is 0 Å². The highest BCUT2D eigenvalue weighted by molar-refractivity contribution is 7.14. The topological polar surface area (TPSA) is 76.2 Å². The number of rotatable bonds is 4. The zero-order valence-corrected chi connectivity index (χ0v) is 12.9. The first-order valence-corrected chi connectivity index (χ1v) is 7.90. The van der Waals surface area contributed by atoms with Gasteiger partial charge in [-0.25, -0.2) is 4.98 Å². The number of hydrogen-bond donors (Lipinski definition) is 2. The predicted molar refractivity (Wildman–Crippen MR) is 90.0 cm³/mol. The molecule has 0 unspecified atom stereocenters. The first-order valence-electron chi connectivity index (χ1n) is 6.24. The van der Waals surface area contributed by atoms with E-state index in [1.54, 1.807) is 11.6 Å². The monoisotopic (exact) mass is 315 g/mol. The van der Waals surface area contributed by atoms with Crippen molar-refractivity contribution in [2.45, 2.75) is 6.92 Å². The molecular formula is C14H13N5S2. The summed E-state index contributed by atoms with van der Waals surface area (Å²) in [6.07, 6.45) is 1.75. The molecule has 0 saturated heterocycles. The van der Waals surface area contributed by atoms with Crippen molar-refractivity contribution in [1.29, 1.82) is 0 Å². The zero-order chi connectivity index (χ0) is 14.7. The molecule has 106 valence electrons. The van der Waals surface area contributed by atoms with E-state index in [2.05, 4.69) is 38.1 Å². The van der Waals surface area contributed by atoms with Crippen LogP contribution in [-0.2, 0) is 0 Å². The molecular weight excluding hydrogens is 302 g/mol. The van der Waals surface area contributed by atoms with Crippen LogP contribution in [0.2, 0.25) is 0 Å². The van der Waals surface area contributed by atoms with E-state index < -0.39 is 0 Å². The molecule has 0 amide bonds. The molecule has 0 aliphatic heterocycles. The van der Waals surface area contributed by atoms with Gasteiger partial charge >= 0.3 is 0 Å². The number of aryl methyl sites for hydroxylation is 1. The predicted octanol–water partition coefficient (Wildman–Crippen LogP) is 3.60. The summed E-state index contributed by atoms with van der Waals surface area (Å²) < 4.78 is 4.29. The molecule has 21 heavy (non-hydrogen) atoms. The molecule has 3 aromatic rings. The summed E-state index contributed by atoms with van der Waals surface area (Å²) >= 11 is 2.93. The minimum Gasteiger partial charge on any atom is -0.383 e. The smallest absolute Gasteiger partial charge is 0.205 e. The Bertz CT molecular complexity index is 758. The molecule has 2 aromatic heterocycles. The van der Waals surface area contributed by atoms with Crippen LogP contribution in [0, 0.1) is 6.92 Å². The van der Waals surface area contributed by atoms with Gasteiger partial charge in [0.15, 0.2) is 0 Å². The van der Waals surface area contributed by atoms with Gasteiger partial charge in [0.2, 0.25) is 5.13 Å². The molecule has 0 spiro atoms. The summed E-state index contributed by atoms with van der Waals surface area (Å²) in [5.74, 6) is 0.502. The highest BCUT2D eigenvalue weighted by Gasteiger charge is 2.01. The Balaban J connectivity index is 1.66. The number of hydrazone groups is 1. The first kappa shape index (κ1) is 13.7. The van der Waals surface area contributed by atoms with Gasteiger partial charge in [-0.05, 0) is 35.6 Å². The van der Waals surface area contributed by atoms with Crippen LogP contribution in [0.4, 0.5) is 10.9 Å². The summed E-state index contributed by atoms with van der Waals surface area (Å²) in [5, 5.41) is 6.59. The third-order valence-corrected chi connectivity index (χ3v) is 4.41. The van der Waals surface area contributed by atoms with E-state index in [0.29, 0.717) is 10.9 Å². The number of anilines is 2. The van der Waals surface area contributed by atoms with Gasteiger partial charge in [0.05, 0.1) is 16.8 Å². The molecule has 0 atom stereocenters. The number of nitrogens with zero attached hydrogens (tertiary/aromatic N) is 3. The Morgan fingerprint density at radius 1 is 1.29 bits per heavy atom. The van der Waals surface area contributed by atoms with E-state index >= 15 is 0 Å². The van der Waals surface area contributed by atoms with Crippen molar-refractivity contribution in [3.8, 4) is 10.4 Å². The van der Waals surface area contributed by atoms with Crippen molar-refractivity contribution in [3.63, 3.8) is 0 Å². The SMILES string of the molecule is Cc1cc(-c2ccc(C=NNc3nc(N)cs3)cc2)sn1. The van der Waals surface area contributed by atoms with Gasteiger partial charge in [-0.2, -0.15) is 9.47 Å². The number of nitrogens with two attached hydrogens (primary N) is 1.